The molecule has 2 N–H and O–H groups in total. The number of aromatic nitrogens is 3. The second-order valence-corrected chi connectivity index (χ2v) is 10.0. The van der Waals surface area contributed by atoms with Crippen molar-refractivity contribution >= 4 is 29.4 Å². The van der Waals surface area contributed by atoms with Crippen LogP contribution >= 0.6 is 23.5 Å². The van der Waals surface area contributed by atoms with Crippen molar-refractivity contribution in [1.29, 1.82) is 0 Å². The van der Waals surface area contributed by atoms with Crippen molar-refractivity contribution in [3.63, 3.8) is 0 Å². The quantitative estimate of drug-likeness (QED) is 0.496. The van der Waals surface area contributed by atoms with Gasteiger partial charge in [0.25, 0.3) is 0 Å². The second kappa shape index (κ2) is 9.89. The predicted molar refractivity (Wildman–Crippen MR) is 123 cm³/mol. The molecule has 0 saturated carbocycles. The molecule has 160 valence electrons. The Morgan fingerprint density at radius 1 is 1.07 bits per heavy atom. The van der Waals surface area contributed by atoms with Crippen LogP contribution in [0.5, 0.6) is 0 Å². The third-order valence-corrected chi connectivity index (χ3v) is 6.88. The SMILES string of the molecule is CCN(CC)C(=O)CSc1nnc(SCc2c(C)cc(C(C)(C)C)cc2C)n1N. The van der Waals surface area contributed by atoms with Gasteiger partial charge >= 0.3 is 0 Å². The van der Waals surface area contributed by atoms with Gasteiger partial charge in [-0.2, -0.15) is 0 Å². The lowest BCUT2D eigenvalue weighted by Crippen LogP contribution is -2.32. The molecule has 2 rings (SSSR count). The van der Waals surface area contributed by atoms with Crippen molar-refractivity contribution in [1.82, 2.24) is 19.8 Å². The van der Waals surface area contributed by atoms with Gasteiger partial charge in [0.1, 0.15) is 0 Å². The van der Waals surface area contributed by atoms with Crippen LogP contribution in [-0.2, 0) is 16.0 Å². The van der Waals surface area contributed by atoms with Crippen LogP contribution in [0.25, 0.3) is 0 Å². The predicted octanol–water partition coefficient (Wildman–Crippen LogP) is 4.16. The fourth-order valence-electron chi connectivity index (χ4n) is 3.05. The van der Waals surface area contributed by atoms with E-state index in [-0.39, 0.29) is 11.3 Å². The monoisotopic (exact) mass is 435 g/mol. The summed E-state index contributed by atoms with van der Waals surface area (Å²) in [7, 11) is 0. The van der Waals surface area contributed by atoms with Gasteiger partial charge in [0, 0.05) is 18.8 Å². The molecule has 0 aliphatic rings. The number of carbonyl (C=O) groups is 1. The minimum atomic E-state index is 0.0855. The molecule has 0 radical (unpaired) electrons. The molecule has 1 aromatic carbocycles. The maximum Gasteiger partial charge on any atom is 0.233 e. The molecule has 0 bridgehead atoms. The van der Waals surface area contributed by atoms with Crippen LogP contribution in [0.4, 0.5) is 0 Å². The topological polar surface area (TPSA) is 77.0 Å². The van der Waals surface area contributed by atoms with Crippen molar-refractivity contribution in [2.45, 2.75) is 69.9 Å². The largest absolute Gasteiger partial charge is 0.343 e. The Kier molecular flexibility index (Phi) is 8.05. The Balaban J connectivity index is 2.05. The summed E-state index contributed by atoms with van der Waals surface area (Å²) in [6, 6.07) is 4.55. The number of hydrogen-bond donors (Lipinski definition) is 1. The Hall–Kier alpha value is -1.67. The highest BCUT2D eigenvalue weighted by Crippen LogP contribution is 2.31. The van der Waals surface area contributed by atoms with Crippen LogP contribution in [0, 0.1) is 13.8 Å². The lowest BCUT2D eigenvalue weighted by molar-refractivity contribution is -0.127. The van der Waals surface area contributed by atoms with Gasteiger partial charge in [0.15, 0.2) is 0 Å². The first kappa shape index (κ1) is 23.6. The van der Waals surface area contributed by atoms with E-state index in [4.69, 9.17) is 5.84 Å². The normalized spacial score (nSPS) is 11.7. The van der Waals surface area contributed by atoms with Crippen LogP contribution in [-0.4, -0.2) is 44.5 Å². The van der Waals surface area contributed by atoms with Crippen LogP contribution in [0.15, 0.2) is 22.4 Å². The van der Waals surface area contributed by atoms with Crippen molar-refractivity contribution in [3.8, 4) is 0 Å². The van der Waals surface area contributed by atoms with Gasteiger partial charge in [-0.25, -0.2) is 4.68 Å². The summed E-state index contributed by atoms with van der Waals surface area (Å²) >= 11 is 2.90. The second-order valence-electron chi connectivity index (χ2n) is 8.12. The lowest BCUT2D eigenvalue weighted by atomic mass is 9.84. The molecule has 2 aromatic rings. The minimum absolute atomic E-state index is 0.0855. The number of thioether (sulfide) groups is 2. The summed E-state index contributed by atoms with van der Waals surface area (Å²) in [5, 5.41) is 9.59. The van der Waals surface area contributed by atoms with Crippen LogP contribution < -0.4 is 5.84 Å². The fraction of sp³-hybridized carbons (Fsp3) is 0.571. The summed E-state index contributed by atoms with van der Waals surface area (Å²) in [6.07, 6.45) is 0. The standard InChI is InChI=1S/C21H33N5OS2/c1-8-25(9-2)18(27)13-29-20-24-23-19(26(20)22)28-12-17-14(3)10-16(11-15(17)4)21(5,6)7/h10-11H,8-9,12-13,22H2,1-7H3. The van der Waals surface area contributed by atoms with Gasteiger partial charge in [0.2, 0.25) is 16.2 Å². The third kappa shape index (κ3) is 5.92. The van der Waals surface area contributed by atoms with Gasteiger partial charge in [0.05, 0.1) is 5.75 Å². The number of amides is 1. The maximum atomic E-state index is 12.2. The van der Waals surface area contributed by atoms with E-state index < -0.39 is 0 Å². The number of rotatable bonds is 8. The molecule has 0 atom stereocenters. The van der Waals surface area contributed by atoms with Crippen LogP contribution in [0.1, 0.15) is 56.9 Å². The van der Waals surface area contributed by atoms with Crippen LogP contribution in [0.3, 0.4) is 0 Å². The maximum absolute atomic E-state index is 12.2. The summed E-state index contributed by atoms with van der Waals surface area (Å²) < 4.78 is 1.49. The minimum Gasteiger partial charge on any atom is -0.343 e. The van der Waals surface area contributed by atoms with Gasteiger partial charge in [-0.15, -0.1) is 10.2 Å². The molecule has 29 heavy (non-hydrogen) atoms. The van der Waals surface area contributed by atoms with Crippen LogP contribution in [0.2, 0.25) is 0 Å². The number of aryl methyl sites for hydroxylation is 2. The lowest BCUT2D eigenvalue weighted by Gasteiger charge is -2.22. The zero-order chi connectivity index (χ0) is 21.8. The first-order valence-corrected chi connectivity index (χ1v) is 11.9. The number of nitrogens with zero attached hydrogens (tertiary/aromatic N) is 4. The van der Waals surface area contributed by atoms with Crippen molar-refractivity contribution in [3.05, 3.63) is 34.4 Å². The molecule has 6 nitrogen and oxygen atoms in total. The third-order valence-electron chi connectivity index (χ3n) is 4.98. The molecule has 0 spiro atoms. The summed E-state index contributed by atoms with van der Waals surface area (Å²) in [5.41, 5.74) is 5.35. The number of nitrogen functional groups attached to an aromatic ring is 1. The van der Waals surface area contributed by atoms with E-state index in [1.807, 2.05) is 13.8 Å². The molecule has 0 saturated heterocycles. The number of nitrogens with two attached hydrogens (primary N) is 1. The molecule has 8 heteroatoms. The molecule has 1 heterocycles. The summed E-state index contributed by atoms with van der Waals surface area (Å²) in [4.78, 5) is 14.0. The van der Waals surface area contributed by atoms with E-state index in [1.165, 1.54) is 38.7 Å². The van der Waals surface area contributed by atoms with Gasteiger partial charge in [-0.3, -0.25) is 4.79 Å². The van der Waals surface area contributed by atoms with Gasteiger partial charge < -0.3 is 10.7 Å². The van der Waals surface area contributed by atoms with Crippen molar-refractivity contribution in [2.24, 2.45) is 0 Å². The highest BCUT2D eigenvalue weighted by atomic mass is 32.2. The Morgan fingerprint density at radius 2 is 1.59 bits per heavy atom. The summed E-state index contributed by atoms with van der Waals surface area (Å²) in [6.45, 7) is 16.4. The molecule has 1 amide bonds. The Labute approximate surface area is 183 Å². The van der Waals surface area contributed by atoms with E-state index in [0.29, 0.717) is 29.2 Å². The van der Waals surface area contributed by atoms with E-state index in [2.05, 4.69) is 56.9 Å². The smallest absolute Gasteiger partial charge is 0.233 e. The van der Waals surface area contributed by atoms with Gasteiger partial charge in [-0.1, -0.05) is 56.4 Å². The Bertz CT molecular complexity index is 830. The fourth-order valence-corrected chi connectivity index (χ4v) is 4.92. The zero-order valence-electron chi connectivity index (χ0n) is 18.6. The Morgan fingerprint density at radius 3 is 2.07 bits per heavy atom. The van der Waals surface area contributed by atoms with Gasteiger partial charge in [-0.05, 0) is 55.4 Å². The molecule has 0 aliphatic heterocycles. The van der Waals surface area contributed by atoms with Crippen molar-refractivity contribution < 1.29 is 4.79 Å². The molecule has 0 unspecified atom stereocenters. The number of hydrogen-bond acceptors (Lipinski definition) is 6. The van der Waals surface area contributed by atoms with E-state index >= 15 is 0 Å². The number of benzene rings is 1. The van der Waals surface area contributed by atoms with E-state index in [1.54, 1.807) is 16.7 Å². The molecule has 0 aliphatic carbocycles. The highest BCUT2D eigenvalue weighted by molar-refractivity contribution is 8.00. The average molecular weight is 436 g/mol. The first-order chi connectivity index (χ1) is 13.6. The summed E-state index contributed by atoms with van der Waals surface area (Å²) in [5.74, 6) is 7.35. The molecule has 1 aromatic heterocycles. The average Bonchev–Trinajstić information content (AvgIpc) is 2.99. The van der Waals surface area contributed by atoms with E-state index in [0.717, 1.165) is 5.75 Å². The molecular weight excluding hydrogens is 402 g/mol. The van der Waals surface area contributed by atoms with E-state index in [9.17, 15) is 4.79 Å². The highest BCUT2D eigenvalue weighted by Gasteiger charge is 2.18. The number of carbonyl (C=O) groups excluding carboxylic acids is 1. The molecule has 0 fully saturated rings. The van der Waals surface area contributed by atoms with Crippen molar-refractivity contribution in [2.75, 3.05) is 24.7 Å². The molecular formula is C21H33N5OS2. The zero-order valence-corrected chi connectivity index (χ0v) is 20.2. The first-order valence-electron chi connectivity index (χ1n) is 9.92.